The SMILES string of the molecule is CC(C)C1CCc2c(sc(NC(=O)C3CCC(=O)CC3C)c2C#N)C1. The Morgan fingerprint density at radius 2 is 2.04 bits per heavy atom. The lowest BCUT2D eigenvalue weighted by atomic mass is 9.79. The minimum absolute atomic E-state index is 0.0319. The van der Waals surface area contributed by atoms with E-state index in [4.69, 9.17) is 0 Å². The van der Waals surface area contributed by atoms with E-state index in [0.717, 1.165) is 24.8 Å². The molecule has 3 rings (SSSR count). The number of nitrogens with one attached hydrogen (secondary N) is 1. The molecule has 1 aromatic heterocycles. The molecule has 25 heavy (non-hydrogen) atoms. The summed E-state index contributed by atoms with van der Waals surface area (Å²) >= 11 is 1.58. The second-order valence-electron chi connectivity index (χ2n) is 7.92. The number of hydrogen-bond acceptors (Lipinski definition) is 4. The van der Waals surface area contributed by atoms with Crippen LogP contribution in [0.1, 0.15) is 62.5 Å². The van der Waals surface area contributed by atoms with Crippen LogP contribution < -0.4 is 5.32 Å². The number of hydrogen-bond donors (Lipinski definition) is 1. The maximum atomic E-state index is 12.7. The van der Waals surface area contributed by atoms with Crippen LogP contribution in [0.2, 0.25) is 0 Å². The summed E-state index contributed by atoms with van der Waals surface area (Å²) in [6.45, 7) is 6.48. The standard InChI is InChI=1S/C20H26N2O2S/c1-11(2)13-4-6-16-17(10-21)20(25-18(16)9-13)22-19(24)15-7-5-14(23)8-12(15)3/h11-13,15H,4-9H2,1-3H3,(H,22,24). The van der Waals surface area contributed by atoms with Gasteiger partial charge in [0.25, 0.3) is 0 Å². The summed E-state index contributed by atoms with van der Waals surface area (Å²) in [6, 6.07) is 2.32. The fourth-order valence-corrected chi connectivity index (χ4v) is 5.48. The molecule has 0 saturated heterocycles. The Bertz CT molecular complexity index is 729. The molecule has 3 atom stereocenters. The zero-order chi connectivity index (χ0) is 18.1. The third kappa shape index (κ3) is 3.64. The number of Topliss-reactive ketones (excluding diaryl/α,β-unsaturated/α-hetero) is 1. The van der Waals surface area contributed by atoms with Crippen molar-refractivity contribution in [3.8, 4) is 6.07 Å². The van der Waals surface area contributed by atoms with Crippen LogP contribution in [-0.4, -0.2) is 11.7 Å². The third-order valence-corrected chi connectivity index (χ3v) is 7.07. The van der Waals surface area contributed by atoms with Gasteiger partial charge in [-0.05, 0) is 49.0 Å². The van der Waals surface area contributed by atoms with Gasteiger partial charge in [-0.1, -0.05) is 20.8 Å². The number of rotatable bonds is 3. The molecule has 1 amide bonds. The summed E-state index contributed by atoms with van der Waals surface area (Å²) in [4.78, 5) is 25.5. The summed E-state index contributed by atoms with van der Waals surface area (Å²) in [5, 5.41) is 13.3. The second kappa shape index (κ2) is 7.29. The number of amides is 1. The van der Waals surface area contributed by atoms with Crippen LogP contribution in [0.15, 0.2) is 0 Å². The fraction of sp³-hybridized carbons (Fsp3) is 0.650. The molecule has 3 unspecified atom stereocenters. The highest BCUT2D eigenvalue weighted by Gasteiger charge is 2.33. The summed E-state index contributed by atoms with van der Waals surface area (Å²) in [5.41, 5.74) is 1.81. The van der Waals surface area contributed by atoms with Crippen molar-refractivity contribution in [1.82, 2.24) is 0 Å². The minimum atomic E-state index is -0.133. The molecule has 1 fully saturated rings. The molecular formula is C20H26N2O2S. The van der Waals surface area contributed by atoms with E-state index in [1.54, 1.807) is 11.3 Å². The third-order valence-electron chi connectivity index (χ3n) is 5.90. The van der Waals surface area contributed by atoms with Gasteiger partial charge in [-0.3, -0.25) is 9.59 Å². The Labute approximate surface area is 153 Å². The normalized spacial score (nSPS) is 26.2. The van der Waals surface area contributed by atoms with E-state index in [1.807, 2.05) is 6.92 Å². The Morgan fingerprint density at radius 1 is 1.28 bits per heavy atom. The molecule has 0 aliphatic heterocycles. The zero-order valence-corrected chi connectivity index (χ0v) is 16.0. The molecule has 2 aliphatic rings. The van der Waals surface area contributed by atoms with Crippen molar-refractivity contribution in [2.45, 2.75) is 59.3 Å². The number of carbonyl (C=O) groups is 2. The molecule has 0 spiro atoms. The van der Waals surface area contributed by atoms with Crippen molar-refractivity contribution in [3.63, 3.8) is 0 Å². The monoisotopic (exact) mass is 358 g/mol. The lowest BCUT2D eigenvalue weighted by Crippen LogP contribution is -2.33. The lowest BCUT2D eigenvalue weighted by molar-refractivity contribution is -0.127. The molecule has 4 nitrogen and oxygen atoms in total. The van der Waals surface area contributed by atoms with Gasteiger partial charge in [-0.25, -0.2) is 0 Å². The first-order valence-corrected chi connectivity index (χ1v) is 10.1. The molecular weight excluding hydrogens is 332 g/mol. The molecule has 1 aromatic rings. The highest BCUT2D eigenvalue weighted by atomic mass is 32.1. The van der Waals surface area contributed by atoms with Gasteiger partial charge in [0.2, 0.25) is 5.91 Å². The van der Waals surface area contributed by atoms with E-state index in [0.29, 0.717) is 41.7 Å². The van der Waals surface area contributed by atoms with Gasteiger partial charge >= 0.3 is 0 Å². The first-order chi connectivity index (χ1) is 11.9. The molecule has 1 saturated carbocycles. The van der Waals surface area contributed by atoms with Gasteiger partial charge in [0.1, 0.15) is 16.9 Å². The van der Waals surface area contributed by atoms with Crippen LogP contribution in [0, 0.1) is 35.0 Å². The highest BCUT2D eigenvalue weighted by molar-refractivity contribution is 7.16. The topological polar surface area (TPSA) is 70.0 Å². The maximum Gasteiger partial charge on any atom is 0.228 e. The van der Waals surface area contributed by atoms with Crippen LogP contribution >= 0.6 is 11.3 Å². The number of nitrogens with zero attached hydrogens (tertiary/aromatic N) is 1. The number of thiophene rings is 1. The molecule has 2 aliphatic carbocycles. The van der Waals surface area contributed by atoms with Crippen molar-refractivity contribution >= 4 is 28.0 Å². The number of carbonyl (C=O) groups excluding carboxylic acids is 2. The minimum Gasteiger partial charge on any atom is -0.316 e. The Morgan fingerprint density at radius 3 is 2.68 bits per heavy atom. The van der Waals surface area contributed by atoms with Gasteiger partial charge in [-0.2, -0.15) is 5.26 Å². The Balaban J connectivity index is 1.78. The first-order valence-electron chi connectivity index (χ1n) is 9.27. The summed E-state index contributed by atoms with van der Waals surface area (Å²) in [5.74, 6) is 1.46. The quantitative estimate of drug-likeness (QED) is 0.874. The van der Waals surface area contributed by atoms with Gasteiger partial charge in [0, 0.05) is 23.6 Å². The highest BCUT2D eigenvalue weighted by Crippen LogP contribution is 2.41. The second-order valence-corrected chi connectivity index (χ2v) is 9.03. The fourth-order valence-electron chi connectivity index (χ4n) is 4.19. The average molecular weight is 359 g/mol. The van der Waals surface area contributed by atoms with Crippen LogP contribution in [0.4, 0.5) is 5.00 Å². The summed E-state index contributed by atoms with van der Waals surface area (Å²) in [6.07, 6.45) is 4.66. The molecule has 134 valence electrons. The van der Waals surface area contributed by atoms with Crippen molar-refractivity contribution < 1.29 is 9.59 Å². The van der Waals surface area contributed by atoms with E-state index < -0.39 is 0 Å². The van der Waals surface area contributed by atoms with E-state index in [1.165, 1.54) is 4.88 Å². The van der Waals surface area contributed by atoms with E-state index in [9.17, 15) is 14.9 Å². The van der Waals surface area contributed by atoms with E-state index in [2.05, 4.69) is 25.2 Å². The van der Waals surface area contributed by atoms with Gasteiger partial charge < -0.3 is 5.32 Å². The van der Waals surface area contributed by atoms with Crippen LogP contribution in [0.3, 0.4) is 0 Å². The number of nitriles is 1. The first kappa shape index (κ1) is 18.1. The molecule has 1 N–H and O–H groups in total. The number of fused-ring (bicyclic) bond motifs is 1. The zero-order valence-electron chi connectivity index (χ0n) is 15.2. The average Bonchev–Trinajstić information content (AvgIpc) is 2.90. The van der Waals surface area contributed by atoms with Crippen molar-refractivity contribution in [2.24, 2.45) is 23.7 Å². The predicted octanol–water partition coefficient (Wildman–Crippen LogP) is 4.32. The van der Waals surface area contributed by atoms with Crippen LogP contribution in [0.5, 0.6) is 0 Å². The van der Waals surface area contributed by atoms with Gasteiger partial charge in [0.05, 0.1) is 5.56 Å². The molecule has 0 aromatic carbocycles. The van der Waals surface area contributed by atoms with Gasteiger partial charge in [0.15, 0.2) is 0 Å². The van der Waals surface area contributed by atoms with E-state index >= 15 is 0 Å². The predicted molar refractivity (Wildman–Crippen MR) is 99.5 cm³/mol. The number of ketones is 1. The Hall–Kier alpha value is -1.67. The lowest BCUT2D eigenvalue weighted by Gasteiger charge is -2.26. The summed E-state index contributed by atoms with van der Waals surface area (Å²) < 4.78 is 0. The van der Waals surface area contributed by atoms with Crippen LogP contribution in [-0.2, 0) is 22.4 Å². The molecule has 1 heterocycles. The van der Waals surface area contributed by atoms with E-state index in [-0.39, 0.29) is 23.5 Å². The van der Waals surface area contributed by atoms with Gasteiger partial charge in [-0.15, -0.1) is 11.3 Å². The van der Waals surface area contributed by atoms with Crippen LogP contribution in [0.25, 0.3) is 0 Å². The molecule has 0 radical (unpaired) electrons. The maximum absolute atomic E-state index is 12.7. The number of anilines is 1. The van der Waals surface area contributed by atoms with Crippen molar-refractivity contribution in [3.05, 3.63) is 16.0 Å². The molecule has 5 heteroatoms. The molecule has 0 bridgehead atoms. The van der Waals surface area contributed by atoms with Crippen molar-refractivity contribution in [1.29, 1.82) is 5.26 Å². The largest absolute Gasteiger partial charge is 0.316 e. The summed E-state index contributed by atoms with van der Waals surface area (Å²) in [7, 11) is 0. The smallest absolute Gasteiger partial charge is 0.228 e. The van der Waals surface area contributed by atoms with Crippen molar-refractivity contribution in [2.75, 3.05) is 5.32 Å². The Kier molecular flexibility index (Phi) is 5.29.